The third-order valence-electron chi connectivity index (χ3n) is 0.247. The normalized spacial score (nSPS) is 6.00. The molecule has 0 aromatic heterocycles. The quantitative estimate of drug-likeness (QED) is 0.397. The van der Waals surface area contributed by atoms with Gasteiger partial charge in [-0.15, -0.1) is 0 Å². The zero-order valence-electron chi connectivity index (χ0n) is 2.93. The molecule has 0 aliphatic rings. The average molecular weight is 113 g/mol. The van der Waals surface area contributed by atoms with E-state index < -0.39 is 5.97 Å². The molecule has 0 amide bonds. The van der Waals surface area contributed by atoms with Gasteiger partial charge in [-0.05, 0) is 0 Å². The van der Waals surface area contributed by atoms with Crippen LogP contribution in [0.5, 0.6) is 0 Å². The molecule has 6 heavy (non-hydrogen) atoms. The van der Waals surface area contributed by atoms with Crippen LogP contribution in [0.1, 0.15) is 0 Å². The van der Waals surface area contributed by atoms with Crippen LogP contribution in [-0.4, -0.2) is 56.7 Å². The zero-order chi connectivity index (χ0) is 4.28. The Bertz CT molecular complexity index is 46.8. The van der Waals surface area contributed by atoms with Gasteiger partial charge in [0.15, 0.2) is 0 Å². The van der Waals surface area contributed by atoms with Gasteiger partial charge in [0.1, 0.15) is 7.85 Å². The van der Waals surface area contributed by atoms with Gasteiger partial charge in [-0.25, -0.2) is 0 Å². The minimum atomic E-state index is -0.870. The molecule has 0 bridgehead atoms. The molecule has 0 saturated carbocycles. The number of aliphatic carboxylic acids is 1. The summed E-state index contributed by atoms with van der Waals surface area (Å²) < 4.78 is 0. The summed E-state index contributed by atoms with van der Waals surface area (Å²) in [5, 5.41) is 7.67. The molecule has 0 fully saturated rings. The van der Waals surface area contributed by atoms with E-state index in [1.54, 1.807) is 0 Å². The first-order valence-corrected chi connectivity index (χ1v) is 1.29. The number of rotatable bonds is 1. The van der Waals surface area contributed by atoms with Crippen LogP contribution in [0.4, 0.5) is 0 Å². The summed E-state index contributed by atoms with van der Waals surface area (Å²) in [6, 6.07) is 0. The number of carboxylic acid groups (broad SMARTS) is 1. The molecule has 0 saturated heterocycles. The van der Waals surface area contributed by atoms with Crippen molar-refractivity contribution in [2.75, 3.05) is 0 Å². The van der Waals surface area contributed by atoms with Crippen molar-refractivity contribution in [1.82, 2.24) is 0 Å². The van der Waals surface area contributed by atoms with Crippen LogP contribution in [0.25, 0.3) is 0 Å². The Morgan fingerprint density at radius 2 is 2.00 bits per heavy atom. The Morgan fingerprint density at radius 3 is 2.00 bits per heavy atom. The number of carboxylic acids is 1. The zero-order valence-corrected chi connectivity index (χ0v) is 2.93. The molecule has 31 valence electrons. The fraction of sp³-hybridized carbons (Fsp3) is 0. The van der Waals surface area contributed by atoms with Crippen LogP contribution in [0.2, 0.25) is 0 Å². The fourth-order valence-corrected chi connectivity index (χ4v) is 0. The number of carbonyl (C=O) groups is 1. The molecule has 2 nitrogen and oxygen atoms in total. The van der Waals surface area contributed by atoms with Crippen LogP contribution < -0.4 is 0 Å². The van der Waals surface area contributed by atoms with Crippen molar-refractivity contribution < 1.29 is 9.90 Å². The number of hydrogen-bond donors (Lipinski definition) is 1. The third kappa shape index (κ3) is 8.84. The Hall–Kier alpha value is 0.795. The van der Waals surface area contributed by atoms with Gasteiger partial charge < -0.3 is 5.11 Å². The number of hydrogen-bond acceptors (Lipinski definition) is 1. The van der Waals surface area contributed by atoms with Crippen molar-refractivity contribution in [2.24, 2.45) is 0 Å². The first-order chi connectivity index (χ1) is 2.27. The van der Waals surface area contributed by atoms with Crippen molar-refractivity contribution in [3.63, 3.8) is 0 Å². The van der Waals surface area contributed by atoms with E-state index >= 15 is 0 Å². The molecule has 1 N–H and O–H groups in total. The Morgan fingerprint density at radius 1 is 1.83 bits per heavy atom. The summed E-state index contributed by atoms with van der Waals surface area (Å²) in [5.41, 5.74) is 0. The third-order valence-corrected chi connectivity index (χ3v) is 0.247. The van der Waals surface area contributed by atoms with Gasteiger partial charge in [-0.2, -0.15) is 0 Å². The summed E-state index contributed by atoms with van der Waals surface area (Å²) in [7, 11) is 1.47. The second-order valence-electron chi connectivity index (χ2n) is 0.627. The van der Waals surface area contributed by atoms with Crippen LogP contribution in [0.15, 0.2) is 0 Å². The fourth-order valence-electron chi connectivity index (χ4n) is 0. The Balaban J connectivity index is 0. The van der Waals surface area contributed by atoms with Gasteiger partial charge in [0.25, 0.3) is 5.97 Å². The average Bonchev–Trinajstić information content (AvgIpc) is 1.38. The van der Waals surface area contributed by atoms with Gasteiger partial charge in [0.2, 0.25) is 0 Å². The van der Waals surface area contributed by atoms with Crippen molar-refractivity contribution in [2.45, 2.75) is 0 Å². The van der Waals surface area contributed by atoms with E-state index in [1.165, 1.54) is 7.85 Å². The van der Waals surface area contributed by atoms with Gasteiger partial charge in [0.05, 0.1) is 0 Å². The molecule has 1 radical (unpaired) electrons. The van der Waals surface area contributed by atoms with Crippen molar-refractivity contribution in [3.05, 3.63) is 6.32 Å². The molecule has 4 heteroatoms. The molecular weight excluding hydrogens is 107 g/mol. The van der Waals surface area contributed by atoms with E-state index in [9.17, 15) is 4.79 Å². The van der Waals surface area contributed by atoms with Crippen molar-refractivity contribution >= 4 is 51.6 Å². The molecule has 0 unspecified atom stereocenters. The molecule has 0 aromatic rings. The second kappa shape index (κ2) is 5.79. The van der Waals surface area contributed by atoms with Crippen molar-refractivity contribution in [3.8, 4) is 0 Å². The SMILES string of the molecule is B[CH]C(=O)O.[CaH2]. The van der Waals surface area contributed by atoms with Crippen molar-refractivity contribution in [1.29, 1.82) is 0 Å². The van der Waals surface area contributed by atoms with Gasteiger partial charge in [0, 0.05) is 6.32 Å². The predicted molar refractivity (Wildman–Crippen MR) is 29.0 cm³/mol. The summed E-state index contributed by atoms with van der Waals surface area (Å²) in [4.78, 5) is 9.31. The summed E-state index contributed by atoms with van der Waals surface area (Å²) >= 11 is 0. The monoisotopic (exact) mass is 113 g/mol. The molecule has 0 aliphatic carbocycles. The summed E-state index contributed by atoms with van der Waals surface area (Å²) in [5.74, 6) is -0.870. The van der Waals surface area contributed by atoms with E-state index in [0.29, 0.717) is 0 Å². The summed E-state index contributed by atoms with van der Waals surface area (Å²) in [6.07, 6.45) is 1.08. The van der Waals surface area contributed by atoms with Gasteiger partial charge >= 0.3 is 37.7 Å². The van der Waals surface area contributed by atoms with E-state index in [1.807, 2.05) is 0 Å². The minimum absolute atomic E-state index is 0. The predicted octanol–water partition coefficient (Wildman–Crippen LogP) is -2.05. The molecular formula is C2H6BCaO2. The molecule has 0 aliphatic heterocycles. The molecule has 0 heterocycles. The maximum atomic E-state index is 9.31. The van der Waals surface area contributed by atoms with Crippen LogP contribution in [0, 0.1) is 6.32 Å². The van der Waals surface area contributed by atoms with E-state index in [2.05, 4.69) is 0 Å². The van der Waals surface area contributed by atoms with Crippen LogP contribution in [0.3, 0.4) is 0 Å². The van der Waals surface area contributed by atoms with Gasteiger partial charge in [-0.1, -0.05) is 0 Å². The molecule has 0 atom stereocenters. The first-order valence-electron chi connectivity index (χ1n) is 1.29. The van der Waals surface area contributed by atoms with Crippen LogP contribution in [-0.2, 0) is 4.79 Å². The van der Waals surface area contributed by atoms with E-state index in [4.69, 9.17) is 5.11 Å². The maximum absolute atomic E-state index is 9.31. The van der Waals surface area contributed by atoms with Crippen LogP contribution >= 0.6 is 0 Å². The second-order valence-corrected chi connectivity index (χ2v) is 0.627. The molecule has 0 aromatic carbocycles. The standard InChI is InChI=1S/C2H4BO2.Ca.2H/c3-1-2(4)5;;;/h1H,3H2,(H,4,5);;;. The summed E-state index contributed by atoms with van der Waals surface area (Å²) in [6.45, 7) is 0. The first kappa shape index (κ1) is 9.92. The van der Waals surface area contributed by atoms with E-state index in [-0.39, 0.29) is 37.7 Å². The topological polar surface area (TPSA) is 37.3 Å². The molecule has 0 rings (SSSR count). The molecule has 0 spiro atoms. The Kier molecular flexibility index (Phi) is 9.58. The Labute approximate surface area is 67.3 Å². The van der Waals surface area contributed by atoms with Gasteiger partial charge in [-0.3, -0.25) is 4.79 Å². The van der Waals surface area contributed by atoms with E-state index in [0.717, 1.165) is 6.32 Å².